The van der Waals surface area contributed by atoms with E-state index in [-0.39, 0.29) is 17.8 Å². The zero-order chi connectivity index (χ0) is 15.0. The molecule has 1 N–H and O–H groups in total. The van der Waals surface area contributed by atoms with Gasteiger partial charge in [0.15, 0.2) is 0 Å². The third-order valence-corrected chi connectivity index (χ3v) is 4.38. The molecule has 2 atom stereocenters. The monoisotopic (exact) mass is 275 g/mol. The second kappa shape index (κ2) is 4.93. The van der Waals surface area contributed by atoms with E-state index in [0.717, 1.165) is 5.56 Å². The van der Waals surface area contributed by atoms with E-state index in [1.54, 1.807) is 0 Å². The summed E-state index contributed by atoms with van der Waals surface area (Å²) in [7, 11) is 1.36. The zero-order valence-electron chi connectivity index (χ0n) is 12.4. The first-order valence-corrected chi connectivity index (χ1v) is 6.83. The van der Waals surface area contributed by atoms with Crippen LogP contribution in [0.25, 0.3) is 0 Å². The summed E-state index contributed by atoms with van der Waals surface area (Å²) >= 11 is 0. The van der Waals surface area contributed by atoms with Crippen LogP contribution in [0, 0.1) is 5.92 Å². The number of nitrogens with one attached hydrogen (secondary N) is 1. The summed E-state index contributed by atoms with van der Waals surface area (Å²) in [4.78, 5) is 23.8. The van der Waals surface area contributed by atoms with Crippen molar-refractivity contribution >= 4 is 11.9 Å². The highest BCUT2D eigenvalue weighted by atomic mass is 16.5. The van der Waals surface area contributed by atoms with Crippen LogP contribution in [0.2, 0.25) is 0 Å². The quantitative estimate of drug-likeness (QED) is 0.855. The van der Waals surface area contributed by atoms with Crippen molar-refractivity contribution in [2.45, 2.75) is 38.1 Å². The standard InChI is InChI=1S/C16H21NO3/c1-11(2)15(13-8-6-5-7-9-13)10-16(15,14(19)20-4)17-12(3)18/h5-9,11H,10H2,1-4H3,(H,17,18)/t15-,16+/m0/s1. The Morgan fingerprint density at radius 1 is 1.25 bits per heavy atom. The molecular formula is C16H21NO3. The molecule has 0 bridgehead atoms. The highest BCUT2D eigenvalue weighted by Crippen LogP contribution is 2.62. The molecule has 1 aliphatic carbocycles. The van der Waals surface area contributed by atoms with E-state index in [0.29, 0.717) is 6.42 Å². The molecule has 1 aromatic carbocycles. The Labute approximate surface area is 119 Å². The lowest BCUT2D eigenvalue weighted by Gasteiger charge is -2.28. The van der Waals surface area contributed by atoms with E-state index in [1.165, 1.54) is 14.0 Å². The van der Waals surface area contributed by atoms with Crippen LogP contribution in [0.1, 0.15) is 32.8 Å². The van der Waals surface area contributed by atoms with Gasteiger partial charge < -0.3 is 10.1 Å². The lowest BCUT2D eigenvalue weighted by atomic mass is 9.80. The minimum atomic E-state index is -0.941. The number of esters is 1. The van der Waals surface area contributed by atoms with Crippen LogP contribution >= 0.6 is 0 Å². The first kappa shape index (κ1) is 14.6. The summed E-state index contributed by atoms with van der Waals surface area (Å²) in [6.07, 6.45) is 0.577. The van der Waals surface area contributed by atoms with Gasteiger partial charge in [0.1, 0.15) is 5.54 Å². The third kappa shape index (κ3) is 1.90. The SMILES string of the molecule is COC(=O)[C@]1(NC(C)=O)C[C@@]1(c1ccccc1)C(C)C. The molecule has 4 heteroatoms. The van der Waals surface area contributed by atoms with Crippen molar-refractivity contribution in [1.82, 2.24) is 5.32 Å². The fourth-order valence-corrected chi connectivity index (χ4v) is 3.42. The van der Waals surface area contributed by atoms with Crippen LogP contribution in [0.3, 0.4) is 0 Å². The molecule has 2 rings (SSSR count). The van der Waals surface area contributed by atoms with Crippen molar-refractivity contribution in [3.63, 3.8) is 0 Å². The maximum absolute atomic E-state index is 12.3. The Hall–Kier alpha value is -1.84. The summed E-state index contributed by atoms with van der Waals surface area (Å²) in [6.45, 7) is 5.57. The molecular weight excluding hydrogens is 254 g/mol. The molecule has 108 valence electrons. The molecule has 20 heavy (non-hydrogen) atoms. The number of methoxy groups -OCH3 is 1. The largest absolute Gasteiger partial charge is 0.467 e. The number of benzene rings is 1. The van der Waals surface area contributed by atoms with Gasteiger partial charge in [-0.15, -0.1) is 0 Å². The first-order chi connectivity index (χ1) is 9.40. The van der Waals surface area contributed by atoms with Crippen LogP contribution in [-0.2, 0) is 19.7 Å². The molecule has 0 radical (unpaired) electrons. The lowest BCUT2D eigenvalue weighted by Crippen LogP contribution is -2.50. The topological polar surface area (TPSA) is 55.4 Å². The summed E-state index contributed by atoms with van der Waals surface area (Å²) in [5.74, 6) is -0.380. The highest BCUT2D eigenvalue weighted by molar-refractivity contribution is 5.94. The molecule has 0 aliphatic heterocycles. The fraction of sp³-hybridized carbons (Fsp3) is 0.500. The zero-order valence-corrected chi connectivity index (χ0v) is 12.4. The highest BCUT2D eigenvalue weighted by Gasteiger charge is 2.75. The number of hydrogen-bond donors (Lipinski definition) is 1. The number of hydrogen-bond acceptors (Lipinski definition) is 3. The number of carbonyl (C=O) groups is 2. The molecule has 1 amide bonds. The fourth-order valence-electron chi connectivity index (χ4n) is 3.42. The summed E-state index contributed by atoms with van der Waals surface area (Å²) < 4.78 is 4.95. The molecule has 0 heterocycles. The molecule has 4 nitrogen and oxygen atoms in total. The molecule has 1 saturated carbocycles. The molecule has 0 saturated heterocycles. The summed E-state index contributed by atoms with van der Waals surface area (Å²) in [5.41, 5.74) is -0.273. The van der Waals surface area contributed by atoms with Gasteiger partial charge >= 0.3 is 5.97 Å². The van der Waals surface area contributed by atoms with Gasteiger partial charge in [-0.3, -0.25) is 4.79 Å². The Bertz CT molecular complexity index is 526. The van der Waals surface area contributed by atoms with Crippen molar-refractivity contribution < 1.29 is 14.3 Å². The average molecular weight is 275 g/mol. The van der Waals surface area contributed by atoms with Crippen LogP contribution in [0.5, 0.6) is 0 Å². The number of carbonyl (C=O) groups excluding carboxylic acids is 2. The van der Waals surface area contributed by atoms with Crippen LogP contribution in [-0.4, -0.2) is 24.5 Å². The van der Waals surface area contributed by atoms with Gasteiger partial charge in [-0.2, -0.15) is 0 Å². The maximum atomic E-state index is 12.3. The van der Waals surface area contributed by atoms with E-state index >= 15 is 0 Å². The minimum Gasteiger partial charge on any atom is -0.467 e. The average Bonchev–Trinajstić information content (AvgIpc) is 3.09. The summed E-state index contributed by atoms with van der Waals surface area (Å²) in [5, 5.41) is 2.84. The Kier molecular flexibility index (Phi) is 3.59. The van der Waals surface area contributed by atoms with E-state index in [2.05, 4.69) is 19.2 Å². The van der Waals surface area contributed by atoms with Crippen molar-refractivity contribution in [3.8, 4) is 0 Å². The van der Waals surface area contributed by atoms with Gasteiger partial charge in [-0.1, -0.05) is 44.2 Å². The van der Waals surface area contributed by atoms with Gasteiger partial charge in [0.05, 0.1) is 7.11 Å². The molecule has 0 aromatic heterocycles. The predicted octanol–water partition coefficient (Wildman–Crippen LogP) is 2.03. The second-order valence-corrected chi connectivity index (χ2v) is 5.75. The van der Waals surface area contributed by atoms with E-state index in [4.69, 9.17) is 4.74 Å². The summed E-state index contributed by atoms with van der Waals surface area (Å²) in [6, 6.07) is 9.86. The Morgan fingerprint density at radius 3 is 2.30 bits per heavy atom. The van der Waals surface area contributed by atoms with Crippen molar-refractivity contribution in [2.24, 2.45) is 5.92 Å². The van der Waals surface area contributed by atoms with Crippen molar-refractivity contribution in [1.29, 1.82) is 0 Å². The van der Waals surface area contributed by atoms with Crippen molar-refractivity contribution in [3.05, 3.63) is 35.9 Å². The van der Waals surface area contributed by atoms with E-state index in [9.17, 15) is 9.59 Å². The molecule has 0 spiro atoms. The minimum absolute atomic E-state index is 0.204. The van der Waals surface area contributed by atoms with Gasteiger partial charge in [0.2, 0.25) is 5.91 Å². The first-order valence-electron chi connectivity index (χ1n) is 6.83. The van der Waals surface area contributed by atoms with Gasteiger partial charge in [-0.05, 0) is 17.9 Å². The number of ether oxygens (including phenoxy) is 1. The maximum Gasteiger partial charge on any atom is 0.332 e. The van der Waals surface area contributed by atoms with E-state index in [1.807, 2.05) is 30.3 Å². The van der Waals surface area contributed by atoms with Crippen molar-refractivity contribution in [2.75, 3.05) is 7.11 Å². The molecule has 1 aliphatic rings. The second-order valence-electron chi connectivity index (χ2n) is 5.75. The Balaban J connectivity index is 2.51. The van der Waals surface area contributed by atoms with E-state index < -0.39 is 11.0 Å². The van der Waals surface area contributed by atoms with Crippen LogP contribution < -0.4 is 5.32 Å². The molecule has 0 unspecified atom stereocenters. The van der Waals surface area contributed by atoms with Gasteiger partial charge in [0, 0.05) is 12.3 Å². The smallest absolute Gasteiger partial charge is 0.332 e. The third-order valence-electron chi connectivity index (χ3n) is 4.38. The Morgan fingerprint density at radius 2 is 1.85 bits per heavy atom. The normalized spacial score (nSPS) is 28.1. The van der Waals surface area contributed by atoms with Crippen LogP contribution in [0.15, 0.2) is 30.3 Å². The molecule has 1 fully saturated rings. The van der Waals surface area contributed by atoms with Gasteiger partial charge in [0.25, 0.3) is 0 Å². The van der Waals surface area contributed by atoms with Crippen LogP contribution in [0.4, 0.5) is 0 Å². The lowest BCUT2D eigenvalue weighted by molar-refractivity contribution is -0.147. The predicted molar refractivity (Wildman–Crippen MR) is 76.1 cm³/mol. The number of rotatable bonds is 4. The molecule has 1 aromatic rings. The van der Waals surface area contributed by atoms with Gasteiger partial charge in [-0.25, -0.2) is 4.79 Å². The number of amides is 1.